The summed E-state index contributed by atoms with van der Waals surface area (Å²) in [5.41, 5.74) is 0. The predicted molar refractivity (Wildman–Crippen MR) is 53.6 cm³/mol. The average molecular weight is 194 g/mol. The van der Waals surface area contributed by atoms with E-state index in [-0.39, 0.29) is 0 Å². The summed E-state index contributed by atoms with van der Waals surface area (Å²) in [5, 5.41) is 10.4. The van der Waals surface area contributed by atoms with Gasteiger partial charge in [-0.1, -0.05) is 12.2 Å². The predicted octanol–water partition coefficient (Wildman–Crippen LogP) is 2.09. The Hall–Kier alpha value is -0.340. The molecule has 3 rings (SSSR count). The third-order valence-electron chi connectivity index (χ3n) is 4.23. The third-order valence-corrected chi connectivity index (χ3v) is 4.23. The topological polar surface area (TPSA) is 29.5 Å². The molecule has 2 heteroatoms. The van der Waals surface area contributed by atoms with Gasteiger partial charge in [0.1, 0.15) is 0 Å². The fraction of sp³-hybridized carbons (Fsp3) is 0.833. The van der Waals surface area contributed by atoms with Crippen molar-refractivity contribution >= 4 is 0 Å². The van der Waals surface area contributed by atoms with Crippen LogP contribution < -0.4 is 0 Å². The Labute approximate surface area is 85.0 Å². The Morgan fingerprint density at radius 1 is 1.36 bits per heavy atom. The van der Waals surface area contributed by atoms with Gasteiger partial charge in [-0.05, 0) is 37.5 Å². The minimum atomic E-state index is -0.781. The van der Waals surface area contributed by atoms with Crippen LogP contribution in [0, 0.1) is 17.8 Å². The van der Waals surface area contributed by atoms with Crippen molar-refractivity contribution < 1.29 is 9.84 Å². The minimum absolute atomic E-state index is 0.384. The lowest BCUT2D eigenvalue weighted by molar-refractivity contribution is -0.293. The molecule has 0 aromatic carbocycles. The van der Waals surface area contributed by atoms with Crippen molar-refractivity contribution in [3.63, 3.8) is 0 Å². The summed E-state index contributed by atoms with van der Waals surface area (Å²) in [4.78, 5) is 0. The van der Waals surface area contributed by atoms with Crippen LogP contribution in [0.3, 0.4) is 0 Å². The maximum absolute atomic E-state index is 10.4. The second kappa shape index (κ2) is 3.07. The van der Waals surface area contributed by atoms with Crippen molar-refractivity contribution in [2.45, 2.75) is 37.9 Å². The van der Waals surface area contributed by atoms with Crippen LogP contribution in [0.25, 0.3) is 0 Å². The van der Waals surface area contributed by atoms with Crippen molar-refractivity contribution in [2.75, 3.05) is 6.61 Å². The van der Waals surface area contributed by atoms with E-state index in [0.29, 0.717) is 17.8 Å². The number of aliphatic hydroxyl groups is 1. The highest BCUT2D eigenvalue weighted by molar-refractivity contribution is 5.07. The van der Waals surface area contributed by atoms with Gasteiger partial charge in [0.15, 0.2) is 5.79 Å². The van der Waals surface area contributed by atoms with Gasteiger partial charge in [-0.15, -0.1) is 0 Å². The van der Waals surface area contributed by atoms with Crippen molar-refractivity contribution in [1.82, 2.24) is 0 Å². The Bertz CT molecular complexity index is 257. The molecule has 78 valence electrons. The Morgan fingerprint density at radius 2 is 2.29 bits per heavy atom. The highest BCUT2D eigenvalue weighted by Crippen LogP contribution is 2.50. The summed E-state index contributed by atoms with van der Waals surface area (Å²) < 4.78 is 5.63. The first-order valence-electron chi connectivity index (χ1n) is 5.82. The van der Waals surface area contributed by atoms with Crippen LogP contribution in [0.5, 0.6) is 0 Å². The summed E-state index contributed by atoms with van der Waals surface area (Å²) in [5.74, 6) is 0.850. The summed E-state index contributed by atoms with van der Waals surface area (Å²) in [6.45, 7) is 0.731. The third kappa shape index (κ3) is 1.17. The summed E-state index contributed by atoms with van der Waals surface area (Å²) >= 11 is 0. The molecule has 0 aromatic heterocycles. The molecular formula is C12H18O2. The largest absolute Gasteiger partial charge is 0.365 e. The van der Waals surface area contributed by atoms with Crippen LogP contribution >= 0.6 is 0 Å². The van der Waals surface area contributed by atoms with Crippen LogP contribution in [0.4, 0.5) is 0 Å². The Morgan fingerprint density at radius 3 is 3.21 bits per heavy atom. The lowest BCUT2D eigenvalue weighted by Gasteiger charge is -2.51. The van der Waals surface area contributed by atoms with E-state index in [1.165, 1.54) is 6.42 Å². The zero-order valence-corrected chi connectivity index (χ0v) is 8.48. The molecule has 0 spiro atoms. The van der Waals surface area contributed by atoms with Crippen LogP contribution in [0.2, 0.25) is 0 Å². The van der Waals surface area contributed by atoms with Gasteiger partial charge in [0, 0.05) is 12.3 Å². The summed E-state index contributed by atoms with van der Waals surface area (Å²) in [6, 6.07) is 0. The molecule has 2 nitrogen and oxygen atoms in total. The van der Waals surface area contributed by atoms with Gasteiger partial charge in [-0.3, -0.25) is 0 Å². The van der Waals surface area contributed by atoms with E-state index in [9.17, 15) is 5.11 Å². The molecule has 0 aromatic rings. The van der Waals surface area contributed by atoms with Crippen LogP contribution in [-0.2, 0) is 4.74 Å². The molecule has 1 N–H and O–H groups in total. The fourth-order valence-corrected chi connectivity index (χ4v) is 3.64. The molecule has 1 saturated carbocycles. The smallest absolute Gasteiger partial charge is 0.169 e. The molecule has 0 bridgehead atoms. The first-order valence-corrected chi connectivity index (χ1v) is 5.82. The molecule has 0 radical (unpaired) electrons. The highest BCUT2D eigenvalue weighted by atomic mass is 16.6. The van der Waals surface area contributed by atoms with Crippen LogP contribution in [0.1, 0.15) is 32.1 Å². The molecular weight excluding hydrogens is 176 g/mol. The maximum atomic E-state index is 10.4. The van der Waals surface area contributed by atoms with Crippen LogP contribution in [0.15, 0.2) is 12.2 Å². The first kappa shape index (κ1) is 8.93. The minimum Gasteiger partial charge on any atom is -0.365 e. The maximum Gasteiger partial charge on any atom is 0.169 e. The number of allylic oxidation sites excluding steroid dienone is 2. The Kier molecular flexibility index (Phi) is 1.96. The molecule has 2 aliphatic carbocycles. The fourth-order valence-electron chi connectivity index (χ4n) is 3.64. The molecule has 14 heavy (non-hydrogen) atoms. The van der Waals surface area contributed by atoms with E-state index in [1.807, 2.05) is 0 Å². The lowest BCUT2D eigenvalue weighted by Crippen LogP contribution is -2.54. The normalized spacial score (nSPS) is 51.4. The van der Waals surface area contributed by atoms with E-state index in [4.69, 9.17) is 4.74 Å². The van der Waals surface area contributed by atoms with Gasteiger partial charge >= 0.3 is 0 Å². The van der Waals surface area contributed by atoms with Gasteiger partial charge in [-0.2, -0.15) is 0 Å². The van der Waals surface area contributed by atoms with Crippen molar-refractivity contribution in [3.8, 4) is 0 Å². The van der Waals surface area contributed by atoms with Crippen LogP contribution in [-0.4, -0.2) is 17.5 Å². The van der Waals surface area contributed by atoms with E-state index >= 15 is 0 Å². The average Bonchev–Trinajstić information content (AvgIpc) is 2.18. The monoisotopic (exact) mass is 194 g/mol. The number of rotatable bonds is 0. The zero-order chi connectivity index (χ0) is 9.60. The molecule has 2 fully saturated rings. The van der Waals surface area contributed by atoms with Gasteiger partial charge in [-0.25, -0.2) is 0 Å². The van der Waals surface area contributed by atoms with Crippen molar-refractivity contribution in [2.24, 2.45) is 17.8 Å². The van der Waals surface area contributed by atoms with Gasteiger partial charge in [0.2, 0.25) is 0 Å². The number of hydrogen-bond acceptors (Lipinski definition) is 2. The van der Waals surface area contributed by atoms with Crippen molar-refractivity contribution in [3.05, 3.63) is 12.2 Å². The molecule has 1 heterocycles. The lowest BCUT2D eigenvalue weighted by atomic mass is 9.63. The van der Waals surface area contributed by atoms with E-state index < -0.39 is 5.79 Å². The zero-order valence-electron chi connectivity index (χ0n) is 8.48. The molecule has 4 atom stereocenters. The van der Waals surface area contributed by atoms with E-state index in [1.54, 1.807) is 0 Å². The SMILES string of the molecule is O[C@@]12CCC[C@H]3CC=CC(CCO1)[C@@H]32. The second-order valence-electron chi connectivity index (χ2n) is 4.99. The second-order valence-corrected chi connectivity index (χ2v) is 4.99. The van der Waals surface area contributed by atoms with Gasteiger partial charge in [0.05, 0.1) is 6.61 Å². The quantitative estimate of drug-likeness (QED) is 0.598. The van der Waals surface area contributed by atoms with Gasteiger partial charge in [0.25, 0.3) is 0 Å². The summed E-state index contributed by atoms with van der Waals surface area (Å²) in [7, 11) is 0. The molecule has 1 unspecified atom stereocenters. The molecule has 3 aliphatic rings. The molecule has 1 saturated heterocycles. The van der Waals surface area contributed by atoms with E-state index in [0.717, 1.165) is 32.3 Å². The first-order chi connectivity index (χ1) is 6.80. The van der Waals surface area contributed by atoms with E-state index in [2.05, 4.69) is 12.2 Å². The number of hydrogen-bond donors (Lipinski definition) is 1. The number of ether oxygens (including phenoxy) is 1. The van der Waals surface area contributed by atoms with Crippen molar-refractivity contribution in [1.29, 1.82) is 0 Å². The standard InChI is InChI=1S/C12H18O2/c13-12-7-2-5-9-3-1-4-10(11(9)12)6-8-14-12/h1,4,9-11,13H,2-3,5-8H2/t9-,10?,11-,12+/m1/s1. The highest BCUT2D eigenvalue weighted by Gasteiger charge is 2.51. The van der Waals surface area contributed by atoms with Gasteiger partial charge < -0.3 is 9.84 Å². The summed E-state index contributed by atoms with van der Waals surface area (Å²) in [6.07, 6.45) is 10.1. The molecule has 1 aliphatic heterocycles. The Balaban J connectivity index is 1.95. The molecule has 0 amide bonds.